The van der Waals surface area contributed by atoms with E-state index >= 15 is 0 Å². The fraction of sp³-hybridized carbons (Fsp3) is 0.294. The van der Waals surface area contributed by atoms with Crippen LogP contribution in [0.1, 0.15) is 29.4 Å². The van der Waals surface area contributed by atoms with Gasteiger partial charge in [-0.05, 0) is 31.0 Å². The molecular weight excluding hydrogens is 338 g/mol. The van der Waals surface area contributed by atoms with Crippen LogP contribution in [0.4, 0.5) is 5.69 Å². The molecule has 0 aliphatic carbocycles. The molecule has 1 amide bonds. The van der Waals surface area contributed by atoms with Crippen LogP contribution in [0, 0.1) is 0 Å². The average Bonchev–Trinajstić information content (AvgIpc) is 2.62. The van der Waals surface area contributed by atoms with Gasteiger partial charge in [0.25, 0.3) is 5.91 Å². The van der Waals surface area contributed by atoms with Crippen molar-refractivity contribution in [3.63, 3.8) is 0 Å². The SMILES string of the molecule is COc1cnc(C(=O)Nc2cccc(C3(C)CCSC(N)=N3)c2)cn1. The van der Waals surface area contributed by atoms with Gasteiger partial charge in [-0.15, -0.1) is 0 Å². The molecule has 0 radical (unpaired) electrons. The minimum atomic E-state index is -0.379. The Labute approximate surface area is 150 Å². The molecule has 0 fully saturated rings. The maximum atomic E-state index is 12.3. The number of aliphatic imine (C=N–C) groups is 1. The molecule has 0 bridgehead atoms. The number of amidine groups is 1. The maximum absolute atomic E-state index is 12.3. The van der Waals surface area contributed by atoms with Crippen molar-refractivity contribution in [1.82, 2.24) is 9.97 Å². The van der Waals surface area contributed by atoms with Crippen molar-refractivity contribution in [2.24, 2.45) is 10.7 Å². The first-order valence-electron chi connectivity index (χ1n) is 7.76. The van der Waals surface area contributed by atoms with E-state index in [1.165, 1.54) is 19.5 Å². The smallest absolute Gasteiger partial charge is 0.275 e. The maximum Gasteiger partial charge on any atom is 0.275 e. The number of anilines is 1. The number of hydrogen-bond donors (Lipinski definition) is 2. The molecule has 3 rings (SSSR count). The number of nitrogens with one attached hydrogen (secondary N) is 1. The van der Waals surface area contributed by atoms with Crippen molar-refractivity contribution in [3.8, 4) is 5.88 Å². The molecule has 0 spiro atoms. The van der Waals surface area contributed by atoms with Crippen LogP contribution in [0.3, 0.4) is 0 Å². The summed E-state index contributed by atoms with van der Waals surface area (Å²) in [4.78, 5) is 24.9. The summed E-state index contributed by atoms with van der Waals surface area (Å²) in [5.74, 6) is 0.945. The summed E-state index contributed by atoms with van der Waals surface area (Å²) in [6.07, 6.45) is 3.67. The lowest BCUT2D eigenvalue weighted by Crippen LogP contribution is -2.28. The number of amides is 1. The Balaban J connectivity index is 1.79. The molecule has 1 aliphatic rings. The summed E-state index contributed by atoms with van der Waals surface area (Å²) in [5, 5.41) is 3.43. The van der Waals surface area contributed by atoms with Crippen LogP contribution in [0.15, 0.2) is 41.7 Å². The number of benzene rings is 1. The van der Waals surface area contributed by atoms with Crippen molar-refractivity contribution in [2.75, 3.05) is 18.2 Å². The number of aromatic nitrogens is 2. The van der Waals surface area contributed by atoms with E-state index < -0.39 is 0 Å². The summed E-state index contributed by atoms with van der Waals surface area (Å²) in [5.41, 5.74) is 7.40. The summed E-state index contributed by atoms with van der Waals surface area (Å²) in [6, 6.07) is 7.63. The third-order valence-electron chi connectivity index (χ3n) is 4.01. The molecular formula is C17H19N5O2S. The Morgan fingerprint density at radius 1 is 1.36 bits per heavy atom. The average molecular weight is 357 g/mol. The molecule has 0 saturated carbocycles. The first kappa shape index (κ1) is 17.2. The normalized spacial score (nSPS) is 19.8. The predicted octanol–water partition coefficient (Wildman–Crippen LogP) is 2.40. The number of ether oxygens (including phenoxy) is 1. The van der Waals surface area contributed by atoms with E-state index in [2.05, 4.69) is 27.2 Å². The van der Waals surface area contributed by atoms with Crippen LogP contribution >= 0.6 is 11.8 Å². The number of thioether (sulfide) groups is 1. The summed E-state index contributed by atoms with van der Waals surface area (Å²) in [6.45, 7) is 2.05. The van der Waals surface area contributed by atoms with Crippen molar-refractivity contribution in [3.05, 3.63) is 47.9 Å². The first-order valence-corrected chi connectivity index (χ1v) is 8.75. The largest absolute Gasteiger partial charge is 0.480 e. The van der Waals surface area contributed by atoms with Gasteiger partial charge < -0.3 is 15.8 Å². The van der Waals surface area contributed by atoms with E-state index in [-0.39, 0.29) is 17.1 Å². The molecule has 1 aliphatic heterocycles. The standard InChI is InChI=1S/C17H19N5O2S/c1-17(6-7-25-16(18)22-17)11-4-3-5-12(8-11)21-15(23)13-9-20-14(24-2)10-19-13/h3-5,8-10H,6-7H2,1-2H3,(H2,18,22)(H,21,23). The zero-order valence-electron chi connectivity index (χ0n) is 14.0. The highest BCUT2D eigenvalue weighted by Gasteiger charge is 2.29. The fourth-order valence-corrected chi connectivity index (χ4v) is 3.54. The van der Waals surface area contributed by atoms with Gasteiger partial charge in [-0.2, -0.15) is 0 Å². The van der Waals surface area contributed by atoms with Crippen LogP contribution in [0.2, 0.25) is 0 Å². The second-order valence-corrected chi connectivity index (χ2v) is 6.92. The summed E-state index contributed by atoms with van der Waals surface area (Å²) in [7, 11) is 1.49. The number of carbonyl (C=O) groups excluding carboxylic acids is 1. The lowest BCUT2D eigenvalue weighted by Gasteiger charge is -2.30. The second-order valence-electron chi connectivity index (χ2n) is 5.80. The third kappa shape index (κ3) is 3.90. The van der Waals surface area contributed by atoms with Gasteiger partial charge >= 0.3 is 0 Å². The van der Waals surface area contributed by atoms with Gasteiger partial charge in [-0.25, -0.2) is 9.97 Å². The zero-order valence-corrected chi connectivity index (χ0v) is 14.8. The molecule has 130 valence electrons. The van der Waals surface area contributed by atoms with Gasteiger partial charge in [0.15, 0.2) is 5.17 Å². The monoisotopic (exact) mass is 357 g/mol. The highest BCUT2D eigenvalue weighted by Crippen LogP contribution is 2.35. The van der Waals surface area contributed by atoms with Crippen molar-refractivity contribution in [1.29, 1.82) is 0 Å². The highest BCUT2D eigenvalue weighted by molar-refractivity contribution is 8.13. The molecule has 0 saturated heterocycles. The van der Waals surface area contributed by atoms with Crippen LogP contribution in [0.25, 0.3) is 0 Å². The number of nitrogens with zero attached hydrogens (tertiary/aromatic N) is 3. The third-order valence-corrected chi connectivity index (χ3v) is 4.80. The highest BCUT2D eigenvalue weighted by atomic mass is 32.2. The number of methoxy groups -OCH3 is 1. The first-order chi connectivity index (χ1) is 12.0. The van der Waals surface area contributed by atoms with Crippen molar-refractivity contribution >= 4 is 28.5 Å². The van der Waals surface area contributed by atoms with Crippen LogP contribution in [-0.2, 0) is 5.54 Å². The summed E-state index contributed by atoms with van der Waals surface area (Å²) >= 11 is 1.56. The molecule has 7 nitrogen and oxygen atoms in total. The Hall–Kier alpha value is -2.61. The van der Waals surface area contributed by atoms with Gasteiger partial charge in [0.1, 0.15) is 5.69 Å². The minimum absolute atomic E-state index is 0.216. The predicted molar refractivity (Wildman–Crippen MR) is 99.0 cm³/mol. The van der Waals surface area contributed by atoms with Crippen LogP contribution < -0.4 is 15.8 Å². The molecule has 8 heteroatoms. The topological polar surface area (TPSA) is 102 Å². The number of carbonyl (C=O) groups is 1. The van der Waals surface area contributed by atoms with E-state index in [9.17, 15) is 4.79 Å². The van der Waals surface area contributed by atoms with Gasteiger partial charge in [0.05, 0.1) is 25.0 Å². The molecule has 3 N–H and O–H groups in total. The quantitative estimate of drug-likeness (QED) is 0.871. The molecule has 1 aromatic heterocycles. The van der Waals surface area contributed by atoms with E-state index in [0.29, 0.717) is 16.7 Å². The second kappa shape index (κ2) is 7.10. The Morgan fingerprint density at radius 3 is 2.88 bits per heavy atom. The Morgan fingerprint density at radius 2 is 2.20 bits per heavy atom. The fourth-order valence-electron chi connectivity index (χ4n) is 2.56. The van der Waals surface area contributed by atoms with Crippen molar-refractivity contribution in [2.45, 2.75) is 18.9 Å². The van der Waals surface area contributed by atoms with E-state index in [1.54, 1.807) is 11.8 Å². The van der Waals surface area contributed by atoms with Crippen molar-refractivity contribution < 1.29 is 9.53 Å². The lowest BCUT2D eigenvalue weighted by atomic mass is 9.89. The zero-order chi connectivity index (χ0) is 17.9. The van der Waals surface area contributed by atoms with Gasteiger partial charge in [-0.1, -0.05) is 23.9 Å². The summed E-state index contributed by atoms with van der Waals surface area (Å²) < 4.78 is 4.94. The molecule has 25 heavy (non-hydrogen) atoms. The van der Waals surface area contributed by atoms with Crippen LogP contribution in [0.5, 0.6) is 5.88 Å². The van der Waals surface area contributed by atoms with Gasteiger partial charge in [-0.3, -0.25) is 9.79 Å². The van der Waals surface area contributed by atoms with E-state index in [1.807, 2.05) is 24.3 Å². The van der Waals surface area contributed by atoms with Gasteiger partial charge in [0.2, 0.25) is 5.88 Å². The molecule has 1 unspecified atom stereocenters. The Kier molecular flexibility index (Phi) is 4.89. The van der Waals surface area contributed by atoms with Crippen LogP contribution in [-0.4, -0.2) is 33.9 Å². The van der Waals surface area contributed by atoms with E-state index in [4.69, 9.17) is 10.5 Å². The molecule has 1 atom stereocenters. The van der Waals surface area contributed by atoms with Gasteiger partial charge in [0, 0.05) is 11.4 Å². The number of rotatable bonds is 4. The number of hydrogen-bond acceptors (Lipinski definition) is 7. The molecule has 2 aromatic rings. The lowest BCUT2D eigenvalue weighted by molar-refractivity contribution is 0.102. The number of nitrogens with two attached hydrogens (primary N) is 1. The van der Waals surface area contributed by atoms with E-state index in [0.717, 1.165) is 17.7 Å². The Bertz CT molecular complexity index is 809. The molecule has 1 aromatic carbocycles. The molecule has 2 heterocycles. The minimum Gasteiger partial charge on any atom is -0.480 e.